The first kappa shape index (κ1) is 13.4. The molecule has 102 valence electrons. The van der Waals surface area contributed by atoms with Crippen LogP contribution in [0.5, 0.6) is 0 Å². The van der Waals surface area contributed by atoms with Gasteiger partial charge in [0, 0.05) is 17.8 Å². The zero-order valence-electron chi connectivity index (χ0n) is 11.6. The molecule has 19 heavy (non-hydrogen) atoms. The number of furan rings is 1. The van der Waals surface area contributed by atoms with E-state index in [-0.39, 0.29) is 0 Å². The fraction of sp³-hybridized carbons (Fsp3) is 0.429. The van der Waals surface area contributed by atoms with E-state index in [0.717, 1.165) is 23.7 Å². The van der Waals surface area contributed by atoms with Crippen molar-refractivity contribution in [2.24, 2.45) is 0 Å². The van der Waals surface area contributed by atoms with E-state index in [0.29, 0.717) is 18.5 Å². The van der Waals surface area contributed by atoms with Gasteiger partial charge in [-0.15, -0.1) is 0 Å². The first-order chi connectivity index (χ1) is 9.17. The highest BCUT2D eigenvalue weighted by Gasteiger charge is 2.05. The second kappa shape index (κ2) is 6.22. The van der Waals surface area contributed by atoms with Crippen molar-refractivity contribution in [2.45, 2.75) is 39.8 Å². The molecule has 0 aliphatic rings. The Morgan fingerprint density at radius 2 is 2.21 bits per heavy atom. The van der Waals surface area contributed by atoms with Crippen molar-refractivity contribution in [2.75, 3.05) is 10.6 Å². The standard InChI is InChI=1S/C14H20N4O/c1-4-10(2)16-13-8-11(3)17-14(18-13)15-9-12-6-5-7-19-12/h5-8,10H,4,9H2,1-3H3,(H2,15,16,17,18). The summed E-state index contributed by atoms with van der Waals surface area (Å²) in [6, 6.07) is 6.13. The zero-order valence-corrected chi connectivity index (χ0v) is 11.6. The summed E-state index contributed by atoms with van der Waals surface area (Å²) in [5, 5.41) is 6.51. The molecule has 5 heteroatoms. The minimum atomic E-state index is 0.396. The first-order valence-electron chi connectivity index (χ1n) is 6.56. The van der Waals surface area contributed by atoms with Gasteiger partial charge < -0.3 is 15.1 Å². The van der Waals surface area contributed by atoms with Crippen molar-refractivity contribution >= 4 is 11.8 Å². The third kappa shape index (κ3) is 3.98. The van der Waals surface area contributed by atoms with Crippen LogP contribution in [0.1, 0.15) is 31.7 Å². The van der Waals surface area contributed by atoms with Crippen LogP contribution in [0.4, 0.5) is 11.8 Å². The van der Waals surface area contributed by atoms with Crippen LogP contribution in [0, 0.1) is 6.92 Å². The van der Waals surface area contributed by atoms with Crippen LogP contribution >= 0.6 is 0 Å². The Kier molecular flexibility index (Phi) is 4.39. The molecule has 0 saturated heterocycles. The number of aryl methyl sites for hydroxylation is 1. The topological polar surface area (TPSA) is 63.0 Å². The Labute approximate surface area is 113 Å². The van der Waals surface area contributed by atoms with Gasteiger partial charge in [-0.2, -0.15) is 4.98 Å². The van der Waals surface area contributed by atoms with Crippen LogP contribution in [0.2, 0.25) is 0 Å². The lowest BCUT2D eigenvalue weighted by molar-refractivity contribution is 0.517. The molecule has 0 saturated carbocycles. The molecule has 0 aromatic carbocycles. The van der Waals surface area contributed by atoms with Gasteiger partial charge in [-0.05, 0) is 32.4 Å². The highest BCUT2D eigenvalue weighted by Crippen LogP contribution is 2.12. The van der Waals surface area contributed by atoms with E-state index in [1.807, 2.05) is 25.1 Å². The lowest BCUT2D eigenvalue weighted by Crippen LogP contribution is -2.15. The third-order valence-corrected chi connectivity index (χ3v) is 2.86. The van der Waals surface area contributed by atoms with E-state index in [1.165, 1.54) is 0 Å². The Hall–Kier alpha value is -2.04. The number of rotatable bonds is 6. The summed E-state index contributed by atoms with van der Waals surface area (Å²) in [7, 11) is 0. The molecule has 2 rings (SSSR count). The minimum Gasteiger partial charge on any atom is -0.467 e. The summed E-state index contributed by atoms with van der Waals surface area (Å²) in [6.45, 7) is 6.82. The fourth-order valence-corrected chi connectivity index (χ4v) is 1.66. The molecule has 5 nitrogen and oxygen atoms in total. The van der Waals surface area contributed by atoms with Crippen molar-refractivity contribution in [1.29, 1.82) is 0 Å². The highest BCUT2D eigenvalue weighted by molar-refractivity contribution is 5.42. The first-order valence-corrected chi connectivity index (χ1v) is 6.56. The van der Waals surface area contributed by atoms with E-state index in [9.17, 15) is 0 Å². The predicted octanol–water partition coefficient (Wildman–Crippen LogP) is 3.20. The molecule has 0 radical (unpaired) electrons. The van der Waals surface area contributed by atoms with Gasteiger partial charge in [-0.3, -0.25) is 0 Å². The third-order valence-electron chi connectivity index (χ3n) is 2.86. The SMILES string of the molecule is CCC(C)Nc1cc(C)nc(NCc2ccco2)n1. The monoisotopic (exact) mass is 260 g/mol. The lowest BCUT2D eigenvalue weighted by Gasteiger charge is -2.13. The van der Waals surface area contributed by atoms with Crippen molar-refractivity contribution in [3.63, 3.8) is 0 Å². The van der Waals surface area contributed by atoms with Gasteiger partial charge in [0.05, 0.1) is 12.8 Å². The quantitative estimate of drug-likeness (QED) is 0.835. The van der Waals surface area contributed by atoms with Crippen molar-refractivity contribution in [3.8, 4) is 0 Å². The Morgan fingerprint density at radius 1 is 1.37 bits per heavy atom. The van der Waals surface area contributed by atoms with E-state index >= 15 is 0 Å². The van der Waals surface area contributed by atoms with Gasteiger partial charge in [0.15, 0.2) is 0 Å². The smallest absolute Gasteiger partial charge is 0.225 e. The summed E-state index contributed by atoms with van der Waals surface area (Å²) in [5.41, 5.74) is 0.933. The molecule has 0 bridgehead atoms. The number of aromatic nitrogens is 2. The maximum atomic E-state index is 5.26. The van der Waals surface area contributed by atoms with E-state index in [2.05, 4.69) is 34.4 Å². The molecule has 2 heterocycles. The summed E-state index contributed by atoms with van der Waals surface area (Å²) in [4.78, 5) is 8.81. The summed E-state index contributed by atoms with van der Waals surface area (Å²) < 4.78 is 5.26. The number of hydrogen-bond donors (Lipinski definition) is 2. The Bertz CT molecular complexity index is 510. The fourth-order valence-electron chi connectivity index (χ4n) is 1.66. The second-order valence-corrected chi connectivity index (χ2v) is 4.60. The Morgan fingerprint density at radius 3 is 2.89 bits per heavy atom. The van der Waals surface area contributed by atoms with Crippen LogP contribution in [0.25, 0.3) is 0 Å². The molecule has 0 amide bonds. The van der Waals surface area contributed by atoms with Gasteiger partial charge in [-0.1, -0.05) is 6.92 Å². The van der Waals surface area contributed by atoms with E-state index in [1.54, 1.807) is 6.26 Å². The zero-order chi connectivity index (χ0) is 13.7. The molecule has 0 spiro atoms. The number of nitrogens with one attached hydrogen (secondary N) is 2. The van der Waals surface area contributed by atoms with Crippen LogP contribution in [0.15, 0.2) is 28.9 Å². The highest BCUT2D eigenvalue weighted by atomic mass is 16.3. The molecule has 2 N–H and O–H groups in total. The molecule has 0 fully saturated rings. The molecular formula is C14H20N4O. The van der Waals surface area contributed by atoms with Gasteiger partial charge in [0.2, 0.25) is 5.95 Å². The van der Waals surface area contributed by atoms with E-state index < -0.39 is 0 Å². The average Bonchev–Trinajstić information content (AvgIpc) is 2.88. The lowest BCUT2D eigenvalue weighted by atomic mass is 10.2. The number of nitrogens with zero attached hydrogens (tertiary/aromatic N) is 2. The van der Waals surface area contributed by atoms with Crippen LogP contribution < -0.4 is 10.6 Å². The summed E-state index contributed by atoms with van der Waals surface area (Å²) in [6.07, 6.45) is 2.71. The summed E-state index contributed by atoms with van der Waals surface area (Å²) >= 11 is 0. The number of hydrogen-bond acceptors (Lipinski definition) is 5. The van der Waals surface area contributed by atoms with Crippen LogP contribution in [0.3, 0.4) is 0 Å². The maximum absolute atomic E-state index is 5.26. The molecule has 1 unspecified atom stereocenters. The molecule has 0 aliphatic carbocycles. The van der Waals surface area contributed by atoms with Crippen molar-refractivity contribution in [3.05, 3.63) is 35.9 Å². The van der Waals surface area contributed by atoms with Crippen molar-refractivity contribution in [1.82, 2.24) is 9.97 Å². The molecule has 2 aromatic rings. The molecule has 0 aliphatic heterocycles. The van der Waals surface area contributed by atoms with Gasteiger partial charge in [0.1, 0.15) is 11.6 Å². The van der Waals surface area contributed by atoms with Gasteiger partial charge in [-0.25, -0.2) is 4.98 Å². The largest absolute Gasteiger partial charge is 0.467 e. The maximum Gasteiger partial charge on any atom is 0.225 e. The normalized spacial score (nSPS) is 12.2. The summed E-state index contributed by atoms with van der Waals surface area (Å²) in [5.74, 6) is 2.33. The second-order valence-electron chi connectivity index (χ2n) is 4.60. The molecule has 2 aromatic heterocycles. The number of anilines is 2. The molecular weight excluding hydrogens is 240 g/mol. The van der Waals surface area contributed by atoms with Crippen LogP contribution in [-0.2, 0) is 6.54 Å². The minimum absolute atomic E-state index is 0.396. The van der Waals surface area contributed by atoms with Gasteiger partial charge >= 0.3 is 0 Å². The Balaban J connectivity index is 2.03. The van der Waals surface area contributed by atoms with Crippen LogP contribution in [-0.4, -0.2) is 16.0 Å². The average molecular weight is 260 g/mol. The predicted molar refractivity (Wildman–Crippen MR) is 76.2 cm³/mol. The van der Waals surface area contributed by atoms with E-state index in [4.69, 9.17) is 4.42 Å². The molecule has 1 atom stereocenters. The van der Waals surface area contributed by atoms with Crippen molar-refractivity contribution < 1.29 is 4.42 Å². The van der Waals surface area contributed by atoms with Gasteiger partial charge in [0.25, 0.3) is 0 Å².